The fraction of sp³-hybridized carbons (Fsp3) is 0.600. The largest absolute Gasteiger partial charge is 0.300 e. The molecule has 0 atom stereocenters. The molecule has 3 nitrogen and oxygen atoms in total. The summed E-state index contributed by atoms with van der Waals surface area (Å²) in [5.74, 6) is 0. The lowest BCUT2D eigenvalue weighted by molar-refractivity contribution is 0.169. The first-order chi connectivity index (χ1) is 9.04. The number of halogens is 1. The molecule has 5 heteroatoms. The maximum atomic E-state index is 11.6. The smallest absolute Gasteiger partial charge is 0.150 e. The summed E-state index contributed by atoms with van der Waals surface area (Å²) in [6.45, 7) is 1.85. The van der Waals surface area contributed by atoms with Crippen molar-refractivity contribution in [1.29, 1.82) is 0 Å². The summed E-state index contributed by atoms with van der Waals surface area (Å²) in [5.41, 5.74) is 2.94. The molecular weight excluding hydrogens is 294 g/mol. The summed E-state index contributed by atoms with van der Waals surface area (Å²) < 4.78 is 23.1. The molecule has 1 aromatic rings. The van der Waals surface area contributed by atoms with Crippen LogP contribution >= 0.6 is 12.4 Å². The molecule has 0 bridgehead atoms. The number of hydrogen-bond donors (Lipinski definition) is 0. The first-order valence-electron chi connectivity index (χ1n) is 7.04. The number of rotatable bonds is 2. The molecule has 1 aliphatic heterocycles. The second-order valence-corrected chi connectivity index (χ2v) is 8.22. The molecule has 112 valence electrons. The molecule has 0 saturated carbocycles. The van der Waals surface area contributed by atoms with E-state index in [0.29, 0.717) is 6.04 Å². The van der Waals surface area contributed by atoms with Gasteiger partial charge in [0.05, 0.1) is 5.25 Å². The Morgan fingerprint density at radius 1 is 1.05 bits per heavy atom. The zero-order valence-corrected chi connectivity index (χ0v) is 13.4. The van der Waals surface area contributed by atoms with E-state index in [-0.39, 0.29) is 17.7 Å². The molecule has 1 aromatic carbocycles. The number of fused-ring (bicyclic) bond motifs is 1. The van der Waals surface area contributed by atoms with Gasteiger partial charge in [0.15, 0.2) is 0 Å². The quantitative estimate of drug-likeness (QED) is 0.838. The number of hydrogen-bond acceptors (Lipinski definition) is 3. The van der Waals surface area contributed by atoms with Crippen LogP contribution in [0.4, 0.5) is 0 Å². The van der Waals surface area contributed by atoms with Crippen LogP contribution in [0.2, 0.25) is 0 Å². The topological polar surface area (TPSA) is 37.4 Å². The molecule has 1 aliphatic carbocycles. The third-order valence-corrected chi connectivity index (χ3v) is 6.31. The molecule has 3 rings (SSSR count). The number of benzene rings is 1. The van der Waals surface area contributed by atoms with E-state index in [1.165, 1.54) is 17.4 Å². The molecule has 20 heavy (non-hydrogen) atoms. The zero-order chi connectivity index (χ0) is 13.5. The summed E-state index contributed by atoms with van der Waals surface area (Å²) in [5, 5.41) is -0.118. The van der Waals surface area contributed by atoms with Gasteiger partial charge in [-0.3, -0.25) is 4.90 Å². The Hall–Kier alpha value is -0.580. The van der Waals surface area contributed by atoms with Crippen molar-refractivity contribution in [3.63, 3.8) is 0 Å². The third kappa shape index (κ3) is 3.18. The van der Waals surface area contributed by atoms with E-state index >= 15 is 0 Å². The molecule has 1 fully saturated rings. The number of likely N-dealkylation sites (tertiary alicyclic amines) is 1. The Morgan fingerprint density at radius 3 is 2.00 bits per heavy atom. The van der Waals surface area contributed by atoms with Crippen molar-refractivity contribution in [2.45, 2.75) is 37.0 Å². The van der Waals surface area contributed by atoms with Crippen LogP contribution in [-0.2, 0) is 22.7 Å². The Morgan fingerprint density at radius 2 is 1.55 bits per heavy atom. The predicted octanol–water partition coefficient (Wildman–Crippen LogP) is 2.08. The molecule has 0 aromatic heterocycles. The molecule has 0 unspecified atom stereocenters. The van der Waals surface area contributed by atoms with Crippen molar-refractivity contribution in [2.24, 2.45) is 0 Å². The van der Waals surface area contributed by atoms with Gasteiger partial charge in [0.2, 0.25) is 0 Å². The van der Waals surface area contributed by atoms with Gasteiger partial charge >= 0.3 is 0 Å². The first-order valence-corrected chi connectivity index (χ1v) is 8.99. The standard InChI is InChI=1S/C15H21NO2S.ClH/c1-19(17,18)15-6-8-16(9-7-15)14-10-12-4-2-3-5-13(12)11-14;/h2-5,14-15H,6-11H2,1H3;1H. The van der Waals surface area contributed by atoms with Gasteiger partial charge in [0, 0.05) is 12.3 Å². The van der Waals surface area contributed by atoms with Gasteiger partial charge in [-0.1, -0.05) is 24.3 Å². The summed E-state index contributed by atoms with van der Waals surface area (Å²) in [4.78, 5) is 2.49. The number of sulfone groups is 1. The lowest BCUT2D eigenvalue weighted by atomic mass is 10.1. The summed E-state index contributed by atoms with van der Waals surface area (Å²) >= 11 is 0. The third-order valence-electron chi connectivity index (χ3n) is 4.63. The Kier molecular flexibility index (Phi) is 4.77. The molecule has 0 amide bonds. The van der Waals surface area contributed by atoms with Crippen molar-refractivity contribution in [1.82, 2.24) is 4.90 Å². The van der Waals surface area contributed by atoms with E-state index in [2.05, 4.69) is 29.2 Å². The average Bonchev–Trinajstić information content (AvgIpc) is 2.81. The minimum atomic E-state index is -2.85. The minimum Gasteiger partial charge on any atom is -0.300 e. The van der Waals surface area contributed by atoms with Crippen molar-refractivity contribution in [3.05, 3.63) is 35.4 Å². The van der Waals surface area contributed by atoms with Crippen LogP contribution < -0.4 is 0 Å². The molecule has 1 saturated heterocycles. The first kappa shape index (κ1) is 15.8. The highest BCUT2D eigenvalue weighted by atomic mass is 35.5. The molecule has 0 spiro atoms. The fourth-order valence-electron chi connectivity index (χ4n) is 3.46. The lowest BCUT2D eigenvalue weighted by Gasteiger charge is -2.35. The zero-order valence-electron chi connectivity index (χ0n) is 11.8. The summed E-state index contributed by atoms with van der Waals surface area (Å²) in [7, 11) is -2.85. The molecule has 2 aliphatic rings. The van der Waals surface area contributed by atoms with E-state index in [1.807, 2.05) is 0 Å². The second-order valence-electron chi connectivity index (χ2n) is 5.90. The van der Waals surface area contributed by atoms with E-state index in [9.17, 15) is 8.42 Å². The second kappa shape index (κ2) is 6.04. The van der Waals surface area contributed by atoms with E-state index in [4.69, 9.17) is 0 Å². The lowest BCUT2D eigenvalue weighted by Crippen LogP contribution is -2.44. The fourth-order valence-corrected chi connectivity index (χ4v) is 4.53. The summed E-state index contributed by atoms with van der Waals surface area (Å²) in [6.07, 6.45) is 5.22. The molecular formula is C15H22ClNO2S. The molecule has 1 heterocycles. The van der Waals surface area contributed by atoms with Gasteiger partial charge in [0.25, 0.3) is 0 Å². The van der Waals surface area contributed by atoms with Gasteiger partial charge in [-0.05, 0) is 49.9 Å². The maximum Gasteiger partial charge on any atom is 0.150 e. The van der Waals surface area contributed by atoms with Crippen molar-refractivity contribution >= 4 is 22.2 Å². The van der Waals surface area contributed by atoms with Crippen LogP contribution in [-0.4, -0.2) is 44.0 Å². The van der Waals surface area contributed by atoms with Crippen LogP contribution in [0.15, 0.2) is 24.3 Å². The van der Waals surface area contributed by atoms with Crippen LogP contribution in [0.25, 0.3) is 0 Å². The van der Waals surface area contributed by atoms with Crippen molar-refractivity contribution in [3.8, 4) is 0 Å². The Balaban J connectivity index is 0.00000147. The van der Waals surface area contributed by atoms with Crippen LogP contribution in [0, 0.1) is 0 Å². The Labute approximate surface area is 127 Å². The highest BCUT2D eigenvalue weighted by Crippen LogP contribution is 2.28. The van der Waals surface area contributed by atoms with E-state index in [1.54, 1.807) is 0 Å². The Bertz CT molecular complexity index is 540. The van der Waals surface area contributed by atoms with Crippen LogP contribution in [0.1, 0.15) is 24.0 Å². The van der Waals surface area contributed by atoms with Gasteiger partial charge in [-0.2, -0.15) is 0 Å². The number of piperidine rings is 1. The normalized spacial score (nSPS) is 21.4. The van der Waals surface area contributed by atoms with E-state index < -0.39 is 9.84 Å². The van der Waals surface area contributed by atoms with Gasteiger partial charge in [-0.25, -0.2) is 8.42 Å². The van der Waals surface area contributed by atoms with E-state index in [0.717, 1.165) is 38.8 Å². The van der Waals surface area contributed by atoms with Crippen molar-refractivity contribution < 1.29 is 8.42 Å². The van der Waals surface area contributed by atoms with Gasteiger partial charge in [0.1, 0.15) is 9.84 Å². The molecule has 0 radical (unpaired) electrons. The molecule has 0 N–H and O–H groups in total. The average molecular weight is 316 g/mol. The van der Waals surface area contributed by atoms with Gasteiger partial charge < -0.3 is 0 Å². The maximum absolute atomic E-state index is 11.6. The van der Waals surface area contributed by atoms with Crippen molar-refractivity contribution in [2.75, 3.05) is 19.3 Å². The highest BCUT2D eigenvalue weighted by molar-refractivity contribution is 7.91. The van der Waals surface area contributed by atoms with Crippen LogP contribution in [0.3, 0.4) is 0 Å². The van der Waals surface area contributed by atoms with Crippen LogP contribution in [0.5, 0.6) is 0 Å². The predicted molar refractivity (Wildman–Crippen MR) is 84.3 cm³/mol. The highest BCUT2D eigenvalue weighted by Gasteiger charge is 2.32. The monoisotopic (exact) mass is 315 g/mol. The SMILES string of the molecule is CS(=O)(=O)C1CCN(C2Cc3ccccc3C2)CC1.Cl. The minimum absolute atomic E-state index is 0. The summed E-state index contributed by atoms with van der Waals surface area (Å²) in [6, 6.07) is 9.24. The number of nitrogens with zero attached hydrogens (tertiary/aromatic N) is 1. The van der Waals surface area contributed by atoms with Gasteiger partial charge in [-0.15, -0.1) is 12.4 Å².